The van der Waals surface area contributed by atoms with Crippen LogP contribution in [0.15, 0.2) is 36.7 Å². The Bertz CT molecular complexity index is 934. The first-order valence-electron chi connectivity index (χ1n) is 8.98. The van der Waals surface area contributed by atoms with Crippen molar-refractivity contribution in [3.8, 4) is 5.69 Å². The molecule has 9 heteroatoms. The molecule has 1 saturated heterocycles. The fourth-order valence-corrected chi connectivity index (χ4v) is 3.49. The second kappa shape index (κ2) is 9.82. The van der Waals surface area contributed by atoms with Crippen LogP contribution in [0.1, 0.15) is 29.0 Å². The average Bonchev–Trinajstić information content (AvgIpc) is 3.31. The lowest BCUT2D eigenvalue weighted by atomic mass is 10.1. The molecule has 1 fully saturated rings. The number of halogens is 2. The number of nitrogens with one attached hydrogen (secondary N) is 2. The van der Waals surface area contributed by atoms with E-state index in [-0.39, 0.29) is 30.7 Å². The van der Waals surface area contributed by atoms with Crippen molar-refractivity contribution in [2.45, 2.75) is 19.8 Å². The summed E-state index contributed by atoms with van der Waals surface area (Å²) in [6.45, 7) is 4.65. The Kier molecular flexibility index (Phi) is 7.74. The summed E-state index contributed by atoms with van der Waals surface area (Å²) in [6.07, 6.45) is 5.74. The van der Waals surface area contributed by atoms with Gasteiger partial charge in [0.15, 0.2) is 5.69 Å². The molecule has 4 rings (SSSR count). The molecular weight excluding hydrogens is 399 g/mol. The van der Waals surface area contributed by atoms with E-state index >= 15 is 0 Å². The first-order valence-corrected chi connectivity index (χ1v) is 8.98. The molecule has 0 spiro atoms. The van der Waals surface area contributed by atoms with Crippen LogP contribution in [0.2, 0.25) is 0 Å². The monoisotopic (exact) mass is 422 g/mol. The van der Waals surface area contributed by atoms with Crippen molar-refractivity contribution >= 4 is 41.5 Å². The number of pyridine rings is 1. The zero-order valence-corrected chi connectivity index (χ0v) is 17.2. The highest BCUT2D eigenvalue weighted by atomic mass is 35.5. The van der Waals surface area contributed by atoms with Crippen LogP contribution in [0.5, 0.6) is 0 Å². The van der Waals surface area contributed by atoms with E-state index in [0.717, 1.165) is 41.7 Å². The smallest absolute Gasteiger partial charge is 0.273 e. The quantitative estimate of drug-likeness (QED) is 0.659. The van der Waals surface area contributed by atoms with Gasteiger partial charge in [-0.1, -0.05) is 17.3 Å². The van der Waals surface area contributed by atoms with E-state index in [2.05, 4.69) is 25.9 Å². The topological polar surface area (TPSA) is 84.7 Å². The number of hydrogen-bond acceptors (Lipinski definition) is 5. The van der Waals surface area contributed by atoms with Crippen molar-refractivity contribution in [1.29, 1.82) is 0 Å². The van der Waals surface area contributed by atoms with Crippen molar-refractivity contribution in [3.05, 3.63) is 48.0 Å². The summed E-state index contributed by atoms with van der Waals surface area (Å²) < 4.78 is 1.72. The summed E-state index contributed by atoms with van der Waals surface area (Å²) >= 11 is 0. The van der Waals surface area contributed by atoms with E-state index in [1.807, 2.05) is 37.4 Å². The third kappa shape index (κ3) is 4.43. The lowest BCUT2D eigenvalue weighted by Crippen LogP contribution is -2.27. The summed E-state index contributed by atoms with van der Waals surface area (Å²) in [5.41, 5.74) is 2.00. The van der Waals surface area contributed by atoms with Gasteiger partial charge < -0.3 is 10.6 Å². The van der Waals surface area contributed by atoms with Gasteiger partial charge in [0, 0.05) is 29.7 Å². The van der Waals surface area contributed by atoms with Gasteiger partial charge in [0.1, 0.15) is 0 Å². The maximum atomic E-state index is 12.5. The largest absolute Gasteiger partial charge is 0.351 e. The minimum Gasteiger partial charge on any atom is -0.351 e. The van der Waals surface area contributed by atoms with Gasteiger partial charge in [-0.15, -0.1) is 29.9 Å². The van der Waals surface area contributed by atoms with Crippen molar-refractivity contribution < 1.29 is 4.79 Å². The molecule has 0 radical (unpaired) electrons. The Labute approximate surface area is 176 Å². The van der Waals surface area contributed by atoms with Crippen molar-refractivity contribution in [2.24, 2.45) is 5.92 Å². The van der Waals surface area contributed by atoms with Crippen LogP contribution in [0.3, 0.4) is 0 Å². The number of hydrogen-bond donors (Lipinski definition) is 2. The maximum absolute atomic E-state index is 12.5. The molecule has 28 heavy (non-hydrogen) atoms. The number of carbonyl (C=O) groups is 1. The third-order valence-corrected chi connectivity index (χ3v) is 5.00. The van der Waals surface area contributed by atoms with Gasteiger partial charge in [-0.25, -0.2) is 4.68 Å². The van der Waals surface area contributed by atoms with Crippen LogP contribution in [-0.4, -0.2) is 45.5 Å². The molecular formula is C19H24Cl2N6O. The van der Waals surface area contributed by atoms with Gasteiger partial charge in [0.25, 0.3) is 5.91 Å². The first kappa shape index (κ1) is 22.1. The summed E-state index contributed by atoms with van der Waals surface area (Å²) in [5, 5.41) is 16.7. The molecule has 1 aliphatic rings. The summed E-state index contributed by atoms with van der Waals surface area (Å²) in [7, 11) is 0. The van der Waals surface area contributed by atoms with Gasteiger partial charge in [-0.2, -0.15) is 0 Å². The molecule has 0 saturated carbocycles. The Morgan fingerprint density at radius 3 is 2.96 bits per heavy atom. The molecule has 7 nitrogen and oxygen atoms in total. The predicted octanol–water partition coefficient (Wildman–Crippen LogP) is 2.70. The summed E-state index contributed by atoms with van der Waals surface area (Å²) in [6, 6.07) is 7.87. The van der Waals surface area contributed by atoms with Gasteiger partial charge >= 0.3 is 0 Å². The molecule has 3 aromatic rings. The Morgan fingerprint density at radius 2 is 2.18 bits per heavy atom. The SMILES string of the molecule is Cc1c(C(=O)NCCC2CCNC2)nnn1-c1cccc2cnccc12.Cl.Cl. The first-order chi connectivity index (χ1) is 12.7. The molecule has 0 aliphatic carbocycles. The highest BCUT2D eigenvalue weighted by Gasteiger charge is 2.19. The van der Waals surface area contributed by atoms with Crippen molar-refractivity contribution in [2.75, 3.05) is 19.6 Å². The van der Waals surface area contributed by atoms with Crippen LogP contribution < -0.4 is 10.6 Å². The number of rotatable bonds is 5. The summed E-state index contributed by atoms with van der Waals surface area (Å²) in [5.74, 6) is 0.484. The lowest BCUT2D eigenvalue weighted by molar-refractivity contribution is 0.0946. The van der Waals surface area contributed by atoms with Gasteiger partial charge in [0.2, 0.25) is 0 Å². The molecule has 1 aliphatic heterocycles. The van der Waals surface area contributed by atoms with E-state index in [4.69, 9.17) is 0 Å². The van der Waals surface area contributed by atoms with Gasteiger partial charge in [-0.05, 0) is 50.9 Å². The number of nitrogens with zero attached hydrogens (tertiary/aromatic N) is 4. The maximum Gasteiger partial charge on any atom is 0.273 e. The highest BCUT2D eigenvalue weighted by molar-refractivity contribution is 5.94. The minimum atomic E-state index is -0.165. The molecule has 1 amide bonds. The van der Waals surface area contributed by atoms with Crippen LogP contribution in [-0.2, 0) is 0 Å². The fraction of sp³-hybridized carbons (Fsp3) is 0.368. The zero-order chi connectivity index (χ0) is 17.9. The van der Waals surface area contributed by atoms with E-state index in [9.17, 15) is 4.79 Å². The number of fused-ring (bicyclic) bond motifs is 1. The van der Waals surface area contributed by atoms with Gasteiger partial charge in [0.05, 0.1) is 11.4 Å². The molecule has 1 aromatic carbocycles. The Morgan fingerprint density at radius 1 is 1.32 bits per heavy atom. The standard InChI is InChI=1S/C19H22N6O.2ClH/c1-13-18(19(26)22-10-6-14-5-8-20-11-14)23-24-25(13)17-4-2-3-15-12-21-9-7-16(15)17;;/h2-4,7,9,12,14,20H,5-6,8,10-11H2,1H3,(H,22,26);2*1H. The van der Waals surface area contributed by atoms with Crippen LogP contribution in [0.25, 0.3) is 16.5 Å². The summed E-state index contributed by atoms with van der Waals surface area (Å²) in [4.78, 5) is 16.7. The number of amides is 1. The normalized spacial score (nSPS) is 15.7. The Hall–Kier alpha value is -2.22. The van der Waals surface area contributed by atoms with Gasteiger partial charge in [-0.3, -0.25) is 9.78 Å². The van der Waals surface area contributed by atoms with E-state index in [1.165, 1.54) is 6.42 Å². The zero-order valence-electron chi connectivity index (χ0n) is 15.6. The van der Waals surface area contributed by atoms with Crippen LogP contribution >= 0.6 is 24.8 Å². The molecule has 1 unspecified atom stereocenters. The second-order valence-electron chi connectivity index (χ2n) is 6.71. The number of benzene rings is 1. The molecule has 1 atom stereocenters. The number of carbonyl (C=O) groups excluding carboxylic acids is 1. The number of aromatic nitrogens is 4. The molecule has 2 aromatic heterocycles. The molecule has 2 N–H and O–H groups in total. The highest BCUT2D eigenvalue weighted by Crippen LogP contribution is 2.22. The van der Waals surface area contributed by atoms with Crippen molar-refractivity contribution in [3.63, 3.8) is 0 Å². The lowest BCUT2D eigenvalue weighted by Gasteiger charge is -2.09. The second-order valence-corrected chi connectivity index (χ2v) is 6.71. The fourth-order valence-electron chi connectivity index (χ4n) is 3.49. The molecule has 0 bridgehead atoms. The van der Waals surface area contributed by atoms with E-state index < -0.39 is 0 Å². The van der Waals surface area contributed by atoms with E-state index in [0.29, 0.717) is 18.2 Å². The van der Waals surface area contributed by atoms with E-state index in [1.54, 1.807) is 10.9 Å². The van der Waals surface area contributed by atoms with Crippen molar-refractivity contribution in [1.82, 2.24) is 30.6 Å². The average molecular weight is 423 g/mol. The molecule has 3 heterocycles. The predicted molar refractivity (Wildman–Crippen MR) is 114 cm³/mol. The van der Waals surface area contributed by atoms with Crippen LogP contribution in [0.4, 0.5) is 0 Å². The molecule has 150 valence electrons. The van der Waals surface area contributed by atoms with Crippen LogP contribution in [0, 0.1) is 12.8 Å². The Balaban J connectivity index is 0.00000140. The minimum absolute atomic E-state index is 0. The third-order valence-electron chi connectivity index (χ3n) is 5.00.